The Hall–Kier alpha value is -2.26. The fourth-order valence-corrected chi connectivity index (χ4v) is 3.02. The average Bonchev–Trinajstić information content (AvgIpc) is 2.62. The Morgan fingerprint density at radius 2 is 1.80 bits per heavy atom. The van der Waals surface area contributed by atoms with E-state index in [2.05, 4.69) is 0 Å². The third-order valence-corrected chi connectivity index (χ3v) is 4.39. The highest BCUT2D eigenvalue weighted by molar-refractivity contribution is 5.39. The molecule has 0 aliphatic carbocycles. The Morgan fingerprint density at radius 1 is 1.12 bits per heavy atom. The molecule has 132 valence electrons. The molecule has 25 heavy (non-hydrogen) atoms. The molecule has 0 spiro atoms. The Bertz CT molecular complexity index is 738. The van der Waals surface area contributed by atoms with E-state index in [1.54, 1.807) is 30.3 Å². The molecule has 2 aromatic carbocycles. The molecule has 0 aliphatic rings. The van der Waals surface area contributed by atoms with Crippen LogP contribution in [0, 0.1) is 17.1 Å². The van der Waals surface area contributed by atoms with Gasteiger partial charge in [0.15, 0.2) is 0 Å². The van der Waals surface area contributed by atoms with Gasteiger partial charge in [-0.05, 0) is 67.9 Å². The summed E-state index contributed by atoms with van der Waals surface area (Å²) in [6.45, 7) is -0.225. The second-order valence-corrected chi connectivity index (χ2v) is 6.31. The highest BCUT2D eigenvalue weighted by atomic mass is 19.1. The zero-order valence-corrected chi connectivity index (χ0v) is 14.5. The van der Waals surface area contributed by atoms with Crippen molar-refractivity contribution < 1.29 is 14.6 Å². The zero-order valence-electron chi connectivity index (χ0n) is 14.5. The van der Waals surface area contributed by atoms with Crippen molar-refractivity contribution in [1.29, 1.82) is 5.26 Å². The lowest BCUT2D eigenvalue weighted by atomic mass is 9.93. The Labute approximate surface area is 147 Å². The van der Waals surface area contributed by atoms with Crippen LogP contribution in [0.5, 0.6) is 0 Å². The summed E-state index contributed by atoms with van der Waals surface area (Å²) in [4.78, 5) is 2.03. The lowest BCUT2D eigenvalue weighted by Gasteiger charge is -2.26. The first kappa shape index (κ1) is 19.1. The number of nitriles is 1. The SMILES string of the molecule is CN(C)C(CCC(O)c1ccc(C#N)cc1CO)c1ccc(F)cc1. The molecule has 2 N–H and O–H groups in total. The maximum atomic E-state index is 13.1. The van der Waals surface area contributed by atoms with Crippen LogP contribution in [0.1, 0.15) is 47.2 Å². The number of benzene rings is 2. The molecule has 0 amide bonds. The minimum Gasteiger partial charge on any atom is -0.392 e. The van der Waals surface area contributed by atoms with E-state index in [1.165, 1.54) is 12.1 Å². The molecule has 0 fully saturated rings. The molecule has 2 unspecified atom stereocenters. The molecule has 2 rings (SSSR count). The standard InChI is InChI=1S/C20H23FN2O2/c1-23(2)19(15-4-6-17(21)7-5-15)9-10-20(25)18-8-3-14(12-22)11-16(18)13-24/h3-8,11,19-20,24-25H,9-10,13H2,1-2H3. The lowest BCUT2D eigenvalue weighted by molar-refractivity contribution is 0.144. The van der Waals surface area contributed by atoms with Gasteiger partial charge in [0.2, 0.25) is 0 Å². The number of rotatable bonds is 7. The van der Waals surface area contributed by atoms with Gasteiger partial charge in [0.05, 0.1) is 24.3 Å². The van der Waals surface area contributed by atoms with Crippen molar-refractivity contribution in [3.05, 3.63) is 70.5 Å². The summed E-state index contributed by atoms with van der Waals surface area (Å²) in [5.41, 5.74) is 2.64. The molecule has 0 aromatic heterocycles. The van der Waals surface area contributed by atoms with Gasteiger partial charge in [0, 0.05) is 6.04 Å². The van der Waals surface area contributed by atoms with Crippen molar-refractivity contribution >= 4 is 0 Å². The predicted molar refractivity (Wildman–Crippen MR) is 94.1 cm³/mol. The summed E-state index contributed by atoms with van der Waals surface area (Å²) in [7, 11) is 3.89. The first-order valence-electron chi connectivity index (χ1n) is 8.20. The van der Waals surface area contributed by atoms with Crippen molar-refractivity contribution in [3.63, 3.8) is 0 Å². The summed E-state index contributed by atoms with van der Waals surface area (Å²) < 4.78 is 13.1. The van der Waals surface area contributed by atoms with Gasteiger partial charge >= 0.3 is 0 Å². The first-order valence-corrected chi connectivity index (χ1v) is 8.20. The first-order chi connectivity index (χ1) is 12.0. The van der Waals surface area contributed by atoms with Gasteiger partial charge in [-0.1, -0.05) is 18.2 Å². The minimum absolute atomic E-state index is 0.0474. The fourth-order valence-electron chi connectivity index (χ4n) is 3.02. The van der Waals surface area contributed by atoms with Crippen molar-refractivity contribution in [2.75, 3.05) is 14.1 Å². The Balaban J connectivity index is 2.12. The van der Waals surface area contributed by atoms with Gasteiger partial charge in [-0.3, -0.25) is 0 Å². The monoisotopic (exact) mass is 342 g/mol. The van der Waals surface area contributed by atoms with Crippen LogP contribution in [-0.2, 0) is 6.61 Å². The van der Waals surface area contributed by atoms with Gasteiger partial charge < -0.3 is 15.1 Å². The second kappa shape index (κ2) is 8.72. The van der Waals surface area contributed by atoms with Crippen LogP contribution in [0.4, 0.5) is 4.39 Å². The molecule has 4 nitrogen and oxygen atoms in total. The summed E-state index contributed by atoms with van der Waals surface area (Å²) in [6, 6.07) is 13.4. The van der Waals surface area contributed by atoms with Crippen LogP contribution in [0.2, 0.25) is 0 Å². The number of hydrogen-bond acceptors (Lipinski definition) is 4. The minimum atomic E-state index is -0.738. The van der Waals surface area contributed by atoms with E-state index in [0.29, 0.717) is 29.5 Å². The largest absolute Gasteiger partial charge is 0.392 e. The third kappa shape index (κ3) is 4.86. The van der Waals surface area contributed by atoms with Crippen molar-refractivity contribution in [1.82, 2.24) is 4.90 Å². The number of hydrogen-bond donors (Lipinski definition) is 2. The van der Waals surface area contributed by atoms with Gasteiger partial charge in [-0.15, -0.1) is 0 Å². The van der Waals surface area contributed by atoms with Gasteiger partial charge in [-0.2, -0.15) is 5.26 Å². The molecule has 0 saturated carbocycles. The predicted octanol–water partition coefficient (Wildman–Crippen LogP) is 3.31. The number of aliphatic hydroxyl groups excluding tert-OH is 2. The zero-order chi connectivity index (χ0) is 18.4. The molecule has 2 aromatic rings. The molecule has 0 saturated heterocycles. The normalized spacial score (nSPS) is 13.5. The van der Waals surface area contributed by atoms with Crippen LogP contribution in [0.3, 0.4) is 0 Å². The summed E-state index contributed by atoms with van der Waals surface area (Å²) in [5, 5.41) is 29.0. The highest BCUT2D eigenvalue weighted by Gasteiger charge is 2.19. The molecule has 0 aliphatic heterocycles. The number of aliphatic hydroxyl groups is 2. The van der Waals surface area contributed by atoms with E-state index in [9.17, 15) is 14.6 Å². The molecule has 0 radical (unpaired) electrons. The van der Waals surface area contributed by atoms with Gasteiger partial charge in [0.1, 0.15) is 5.82 Å². The second-order valence-electron chi connectivity index (χ2n) is 6.31. The van der Waals surface area contributed by atoms with E-state index in [4.69, 9.17) is 5.26 Å². The Morgan fingerprint density at radius 3 is 2.36 bits per heavy atom. The number of halogens is 1. The van der Waals surface area contributed by atoms with Crippen LogP contribution in [0.15, 0.2) is 42.5 Å². The van der Waals surface area contributed by atoms with E-state index in [1.807, 2.05) is 25.1 Å². The summed E-state index contributed by atoms with van der Waals surface area (Å²) in [5.74, 6) is -0.272. The third-order valence-electron chi connectivity index (χ3n) is 4.39. The van der Waals surface area contributed by atoms with Gasteiger partial charge in [-0.25, -0.2) is 4.39 Å². The van der Waals surface area contributed by atoms with E-state index >= 15 is 0 Å². The lowest BCUT2D eigenvalue weighted by Crippen LogP contribution is -2.21. The quantitative estimate of drug-likeness (QED) is 0.810. The summed E-state index contributed by atoms with van der Waals surface area (Å²) in [6.07, 6.45) is 0.418. The number of nitrogens with zero attached hydrogens (tertiary/aromatic N) is 2. The summed E-state index contributed by atoms with van der Waals surface area (Å²) >= 11 is 0. The van der Waals surface area contributed by atoms with Crippen LogP contribution in [0.25, 0.3) is 0 Å². The fraction of sp³-hybridized carbons (Fsp3) is 0.350. The molecule has 5 heteroatoms. The smallest absolute Gasteiger partial charge is 0.123 e. The highest BCUT2D eigenvalue weighted by Crippen LogP contribution is 2.30. The van der Waals surface area contributed by atoms with E-state index in [0.717, 1.165) is 5.56 Å². The molecule has 0 heterocycles. The van der Waals surface area contributed by atoms with E-state index in [-0.39, 0.29) is 18.5 Å². The van der Waals surface area contributed by atoms with E-state index < -0.39 is 6.10 Å². The maximum absolute atomic E-state index is 13.1. The van der Waals surface area contributed by atoms with Crippen LogP contribution < -0.4 is 0 Å². The van der Waals surface area contributed by atoms with Crippen molar-refractivity contribution in [2.24, 2.45) is 0 Å². The molecule has 0 bridgehead atoms. The Kier molecular flexibility index (Phi) is 6.65. The molecular formula is C20H23FN2O2. The maximum Gasteiger partial charge on any atom is 0.123 e. The topological polar surface area (TPSA) is 67.5 Å². The van der Waals surface area contributed by atoms with Crippen LogP contribution >= 0.6 is 0 Å². The van der Waals surface area contributed by atoms with Crippen molar-refractivity contribution in [2.45, 2.75) is 31.6 Å². The van der Waals surface area contributed by atoms with Crippen molar-refractivity contribution in [3.8, 4) is 6.07 Å². The average molecular weight is 342 g/mol. The molecule has 2 atom stereocenters. The molecular weight excluding hydrogens is 319 g/mol. The van der Waals surface area contributed by atoms with Crippen LogP contribution in [-0.4, -0.2) is 29.2 Å². The van der Waals surface area contributed by atoms with Gasteiger partial charge in [0.25, 0.3) is 0 Å².